The van der Waals surface area contributed by atoms with Crippen LogP contribution in [0.25, 0.3) is 11.2 Å². The largest absolute Gasteiger partial charge is 0.368 e. The normalized spacial score (nSPS) is 26.3. The Morgan fingerprint density at radius 3 is 2.78 bits per heavy atom. The van der Waals surface area contributed by atoms with E-state index in [1.54, 1.807) is 11.8 Å². The zero-order valence-electron chi connectivity index (χ0n) is 19.4. The van der Waals surface area contributed by atoms with Gasteiger partial charge in [-0.05, 0) is 45.4 Å². The molecular formula is C22H33N7O2S. The Bertz CT molecular complexity index is 973. The monoisotopic (exact) mass is 459 g/mol. The summed E-state index contributed by atoms with van der Waals surface area (Å²) in [6, 6.07) is 2.23. The Kier molecular flexibility index (Phi) is 7.17. The summed E-state index contributed by atoms with van der Waals surface area (Å²) in [4.78, 5) is 9.57. The van der Waals surface area contributed by atoms with E-state index in [4.69, 9.17) is 24.7 Å². The molecule has 2 aliphatic rings. The van der Waals surface area contributed by atoms with Gasteiger partial charge in [-0.25, -0.2) is 14.6 Å². The summed E-state index contributed by atoms with van der Waals surface area (Å²) in [7, 11) is 0. The SMILES string of the molecule is CCCCNc1nc(SCCC)nc2c1nnn2[C@@H]1C[C@H](CCC#N)[C@H]2OC(C)(C)O[C@H]21. The molecule has 9 nitrogen and oxygen atoms in total. The Hall–Kier alpha value is -1.96. The molecule has 0 aromatic carbocycles. The highest BCUT2D eigenvalue weighted by Crippen LogP contribution is 2.48. The van der Waals surface area contributed by atoms with Crippen molar-refractivity contribution in [2.75, 3.05) is 17.6 Å². The lowest BCUT2D eigenvalue weighted by Crippen LogP contribution is -2.28. The lowest BCUT2D eigenvalue weighted by molar-refractivity contribution is -0.160. The number of nitrogens with one attached hydrogen (secondary N) is 1. The van der Waals surface area contributed by atoms with Crippen molar-refractivity contribution in [2.24, 2.45) is 5.92 Å². The molecule has 4 atom stereocenters. The first-order chi connectivity index (χ1) is 15.5. The number of hydrogen-bond acceptors (Lipinski definition) is 9. The fourth-order valence-corrected chi connectivity index (χ4v) is 5.32. The van der Waals surface area contributed by atoms with E-state index in [2.05, 4.69) is 35.5 Å². The minimum absolute atomic E-state index is 0.0436. The molecule has 1 N–H and O–H groups in total. The molecule has 2 aromatic rings. The second-order valence-electron chi connectivity index (χ2n) is 9.01. The van der Waals surface area contributed by atoms with Gasteiger partial charge in [0.1, 0.15) is 6.10 Å². The van der Waals surface area contributed by atoms with Gasteiger partial charge >= 0.3 is 0 Å². The van der Waals surface area contributed by atoms with E-state index in [1.165, 1.54) is 0 Å². The maximum atomic E-state index is 9.11. The van der Waals surface area contributed by atoms with E-state index in [0.29, 0.717) is 11.9 Å². The van der Waals surface area contributed by atoms with Crippen LogP contribution in [0.3, 0.4) is 0 Å². The molecule has 2 fully saturated rings. The number of fused-ring (bicyclic) bond motifs is 2. The Morgan fingerprint density at radius 2 is 2.03 bits per heavy atom. The third kappa shape index (κ3) is 4.70. The molecule has 0 amide bonds. The molecule has 10 heteroatoms. The van der Waals surface area contributed by atoms with Crippen LogP contribution in [0, 0.1) is 17.2 Å². The topological polar surface area (TPSA) is 111 Å². The van der Waals surface area contributed by atoms with Crippen LogP contribution < -0.4 is 5.32 Å². The van der Waals surface area contributed by atoms with Gasteiger partial charge in [0.15, 0.2) is 27.9 Å². The van der Waals surface area contributed by atoms with E-state index in [0.717, 1.165) is 61.0 Å². The molecule has 0 radical (unpaired) electrons. The number of nitriles is 1. The summed E-state index contributed by atoms with van der Waals surface area (Å²) >= 11 is 1.65. The summed E-state index contributed by atoms with van der Waals surface area (Å²) in [5.74, 6) is 1.28. The molecule has 1 saturated heterocycles. The van der Waals surface area contributed by atoms with Crippen LogP contribution in [-0.2, 0) is 9.47 Å². The first-order valence-electron chi connectivity index (χ1n) is 11.7. The van der Waals surface area contributed by atoms with Gasteiger partial charge in [-0.1, -0.05) is 37.2 Å². The lowest BCUT2D eigenvalue weighted by Gasteiger charge is -2.23. The fourth-order valence-electron chi connectivity index (χ4n) is 4.63. The predicted octanol–water partition coefficient (Wildman–Crippen LogP) is 4.32. The van der Waals surface area contributed by atoms with Crippen molar-refractivity contribution in [3.8, 4) is 6.07 Å². The van der Waals surface area contributed by atoms with Gasteiger partial charge in [-0.15, -0.1) is 5.10 Å². The summed E-state index contributed by atoms with van der Waals surface area (Å²) in [5.41, 5.74) is 1.42. The van der Waals surface area contributed by atoms with Crippen molar-refractivity contribution in [1.82, 2.24) is 25.0 Å². The number of hydrogen-bond donors (Lipinski definition) is 1. The highest BCUT2D eigenvalue weighted by atomic mass is 32.2. The number of unbranched alkanes of at least 4 members (excludes halogenated alkanes) is 1. The van der Waals surface area contributed by atoms with E-state index in [-0.39, 0.29) is 24.2 Å². The molecular weight excluding hydrogens is 426 g/mol. The third-order valence-electron chi connectivity index (χ3n) is 6.05. The Labute approximate surface area is 193 Å². The lowest BCUT2D eigenvalue weighted by atomic mass is 9.99. The van der Waals surface area contributed by atoms with Crippen molar-refractivity contribution < 1.29 is 9.47 Å². The van der Waals surface area contributed by atoms with Gasteiger partial charge in [0.2, 0.25) is 0 Å². The molecule has 4 rings (SSSR count). The molecule has 32 heavy (non-hydrogen) atoms. The molecule has 1 saturated carbocycles. The second-order valence-corrected chi connectivity index (χ2v) is 10.1. The number of rotatable bonds is 10. The summed E-state index contributed by atoms with van der Waals surface area (Å²) in [5, 5.41) is 22.3. The average Bonchev–Trinajstić information content (AvgIpc) is 3.41. The van der Waals surface area contributed by atoms with Crippen molar-refractivity contribution in [3.63, 3.8) is 0 Å². The quantitative estimate of drug-likeness (QED) is 0.315. The van der Waals surface area contributed by atoms with Gasteiger partial charge < -0.3 is 14.8 Å². The maximum Gasteiger partial charge on any atom is 0.191 e. The van der Waals surface area contributed by atoms with Gasteiger partial charge in [0, 0.05) is 18.7 Å². The zero-order valence-corrected chi connectivity index (χ0v) is 20.2. The number of nitrogens with zero attached hydrogens (tertiary/aromatic N) is 6. The minimum Gasteiger partial charge on any atom is -0.368 e. The molecule has 3 heterocycles. The van der Waals surface area contributed by atoms with Gasteiger partial charge in [0.25, 0.3) is 0 Å². The zero-order chi connectivity index (χ0) is 22.7. The summed E-state index contributed by atoms with van der Waals surface area (Å²) in [6.45, 7) is 9.04. The van der Waals surface area contributed by atoms with Crippen molar-refractivity contribution in [1.29, 1.82) is 5.26 Å². The number of thioether (sulfide) groups is 1. The van der Waals surface area contributed by atoms with Crippen molar-refractivity contribution in [3.05, 3.63) is 0 Å². The number of anilines is 1. The van der Waals surface area contributed by atoms with E-state index >= 15 is 0 Å². The number of ether oxygens (including phenoxy) is 2. The van der Waals surface area contributed by atoms with Gasteiger partial charge in [0.05, 0.1) is 18.2 Å². The first-order valence-corrected chi connectivity index (χ1v) is 12.7. The Morgan fingerprint density at radius 1 is 1.22 bits per heavy atom. The maximum absolute atomic E-state index is 9.11. The van der Waals surface area contributed by atoms with Crippen LogP contribution >= 0.6 is 11.8 Å². The molecule has 1 aliphatic heterocycles. The van der Waals surface area contributed by atoms with E-state index in [1.807, 2.05) is 18.5 Å². The summed E-state index contributed by atoms with van der Waals surface area (Å²) < 4.78 is 14.5. The predicted molar refractivity (Wildman–Crippen MR) is 123 cm³/mol. The average molecular weight is 460 g/mol. The highest BCUT2D eigenvalue weighted by Gasteiger charge is 2.55. The molecule has 0 spiro atoms. The van der Waals surface area contributed by atoms with Crippen LogP contribution in [0.15, 0.2) is 5.16 Å². The summed E-state index contributed by atoms with van der Waals surface area (Å²) in [6.07, 6.45) is 5.14. The van der Waals surface area contributed by atoms with Crippen LogP contribution in [0.4, 0.5) is 5.82 Å². The van der Waals surface area contributed by atoms with Crippen LogP contribution in [-0.4, -0.2) is 55.3 Å². The number of aromatic nitrogens is 5. The van der Waals surface area contributed by atoms with Crippen molar-refractivity contribution in [2.45, 2.75) is 95.4 Å². The minimum atomic E-state index is -0.653. The van der Waals surface area contributed by atoms with Crippen molar-refractivity contribution >= 4 is 28.7 Å². The van der Waals surface area contributed by atoms with E-state index in [9.17, 15) is 0 Å². The van der Waals surface area contributed by atoms with Gasteiger partial charge in [-0.3, -0.25) is 0 Å². The highest BCUT2D eigenvalue weighted by molar-refractivity contribution is 7.99. The first kappa shape index (κ1) is 23.2. The fraction of sp³-hybridized carbons (Fsp3) is 0.773. The molecule has 1 aliphatic carbocycles. The van der Waals surface area contributed by atoms with E-state index < -0.39 is 5.79 Å². The molecule has 2 aromatic heterocycles. The molecule has 174 valence electrons. The second kappa shape index (κ2) is 9.89. The third-order valence-corrected chi connectivity index (χ3v) is 7.11. The Balaban J connectivity index is 1.70. The smallest absolute Gasteiger partial charge is 0.191 e. The van der Waals surface area contributed by atoms with Gasteiger partial charge in [-0.2, -0.15) is 5.26 Å². The van der Waals surface area contributed by atoms with Crippen LogP contribution in [0.5, 0.6) is 0 Å². The molecule has 0 unspecified atom stereocenters. The standard InChI is InChI=1S/C22H33N7O2S/c1-5-7-11-24-19-16-20(26-21(25-19)32-12-6-2)29(28-27-16)15-13-14(9-8-10-23)17-18(15)31-22(3,4)30-17/h14-15,17-18H,5-9,11-13H2,1-4H3,(H,24,25,26)/t14-,15+,17+,18-/m0/s1. The van der Waals surface area contributed by atoms with Crippen LogP contribution in [0.1, 0.15) is 72.3 Å². The van der Waals surface area contributed by atoms with Crippen LogP contribution in [0.2, 0.25) is 0 Å². The molecule has 0 bridgehead atoms.